The number of carboxylic acid groups (broad SMARTS) is 1. The zero-order chi connectivity index (χ0) is 24.9. The molecule has 35 heavy (non-hydrogen) atoms. The van der Waals surface area contributed by atoms with Gasteiger partial charge in [0.25, 0.3) is 5.91 Å². The van der Waals surface area contributed by atoms with E-state index in [1.807, 2.05) is 0 Å². The first kappa shape index (κ1) is 27.3. The van der Waals surface area contributed by atoms with Crippen LogP contribution in [0, 0.1) is 0 Å². The van der Waals surface area contributed by atoms with Crippen molar-refractivity contribution in [3.05, 3.63) is 71.3 Å². The molecule has 4 amide bonds. The summed E-state index contributed by atoms with van der Waals surface area (Å²) in [5.41, 5.74) is 0.622. The van der Waals surface area contributed by atoms with Crippen LogP contribution in [0.5, 0.6) is 0 Å². The van der Waals surface area contributed by atoms with E-state index in [9.17, 15) is 24.3 Å². The van der Waals surface area contributed by atoms with Crippen molar-refractivity contribution in [3.8, 4) is 0 Å². The summed E-state index contributed by atoms with van der Waals surface area (Å²) >= 11 is 0. The Labute approximate surface area is 209 Å². The van der Waals surface area contributed by atoms with Crippen molar-refractivity contribution in [2.45, 2.75) is 31.8 Å². The van der Waals surface area contributed by atoms with Gasteiger partial charge in [-0.15, -0.1) is 12.4 Å². The van der Waals surface area contributed by atoms with Crippen LogP contribution < -0.4 is 11.2 Å². The summed E-state index contributed by atoms with van der Waals surface area (Å²) in [7, 11) is 0. The van der Waals surface area contributed by atoms with Crippen LogP contribution in [0.2, 0.25) is 0 Å². The third-order valence-corrected chi connectivity index (χ3v) is 5.89. The van der Waals surface area contributed by atoms with Gasteiger partial charge in [0.1, 0.15) is 12.1 Å². The van der Waals surface area contributed by atoms with Crippen LogP contribution in [0.3, 0.4) is 0 Å². The Morgan fingerprint density at radius 2 is 1.77 bits per heavy atom. The molecule has 10 nitrogen and oxygen atoms in total. The van der Waals surface area contributed by atoms with Crippen molar-refractivity contribution < 1.29 is 24.3 Å². The van der Waals surface area contributed by atoms with Gasteiger partial charge in [0, 0.05) is 6.54 Å². The molecular weight excluding hydrogens is 474 g/mol. The third-order valence-electron chi connectivity index (χ3n) is 5.89. The molecule has 0 aliphatic carbocycles. The lowest BCUT2D eigenvalue weighted by molar-refractivity contribution is -0.139. The van der Waals surface area contributed by atoms with Gasteiger partial charge >= 0.3 is 12.0 Å². The van der Waals surface area contributed by atoms with E-state index in [-0.39, 0.29) is 25.4 Å². The zero-order valence-electron chi connectivity index (χ0n) is 19.4. The zero-order valence-corrected chi connectivity index (χ0v) is 20.2. The molecule has 2 atom stereocenters. The molecule has 2 aromatic carbocycles. The van der Waals surface area contributed by atoms with E-state index in [4.69, 9.17) is 5.84 Å². The molecule has 2 aromatic rings. The molecule has 0 aromatic heterocycles. The minimum atomic E-state index is -1.30. The Morgan fingerprint density at radius 3 is 2.31 bits per heavy atom. The second-order valence-corrected chi connectivity index (χ2v) is 8.02. The van der Waals surface area contributed by atoms with E-state index in [2.05, 4.69) is 10.4 Å². The number of hydrogen-bond donors (Lipinski definition) is 3. The first-order chi connectivity index (χ1) is 16.2. The fourth-order valence-corrected chi connectivity index (χ4v) is 4.15. The van der Waals surface area contributed by atoms with Gasteiger partial charge in [-0.3, -0.25) is 19.3 Å². The molecule has 1 aliphatic rings. The van der Waals surface area contributed by atoms with Crippen molar-refractivity contribution in [1.29, 1.82) is 0 Å². The van der Waals surface area contributed by atoms with Gasteiger partial charge in [-0.2, -0.15) is 5.10 Å². The fourth-order valence-electron chi connectivity index (χ4n) is 4.15. The molecule has 1 saturated heterocycles. The van der Waals surface area contributed by atoms with E-state index in [0.29, 0.717) is 11.1 Å². The van der Waals surface area contributed by atoms with Gasteiger partial charge in [0.2, 0.25) is 5.91 Å². The lowest BCUT2D eigenvalue weighted by atomic mass is 9.89. The summed E-state index contributed by atoms with van der Waals surface area (Å²) in [6, 6.07) is 14.2. The number of rotatable bonds is 9. The van der Waals surface area contributed by atoms with Crippen LogP contribution >= 0.6 is 12.4 Å². The smallest absolute Gasteiger partial charge is 0.328 e. The third kappa shape index (κ3) is 5.60. The first-order valence-electron chi connectivity index (χ1n) is 10.8. The number of aliphatic carboxylic acids is 1. The van der Waals surface area contributed by atoms with Gasteiger partial charge in [-0.25, -0.2) is 4.79 Å². The highest BCUT2D eigenvalue weighted by Crippen LogP contribution is 2.37. The Bertz CT molecular complexity index is 1110. The van der Waals surface area contributed by atoms with Crippen LogP contribution in [0.4, 0.5) is 4.79 Å². The van der Waals surface area contributed by atoms with Crippen LogP contribution in [-0.4, -0.2) is 58.0 Å². The first-order valence-corrected chi connectivity index (χ1v) is 10.8. The number of hydrazone groups is 1. The summed E-state index contributed by atoms with van der Waals surface area (Å²) in [5, 5.41) is 15.4. The maximum absolute atomic E-state index is 13.4. The second-order valence-electron chi connectivity index (χ2n) is 8.02. The number of hydrogen-bond acceptors (Lipinski definition) is 6. The number of urea groups is 1. The van der Waals surface area contributed by atoms with E-state index in [1.165, 1.54) is 11.1 Å². The Hall–Kier alpha value is -3.92. The summed E-state index contributed by atoms with van der Waals surface area (Å²) in [6.45, 7) is 3.11. The number of imide groups is 1. The minimum Gasteiger partial charge on any atom is -0.481 e. The Morgan fingerprint density at radius 1 is 1.14 bits per heavy atom. The Balaban J connectivity index is 0.00000432. The number of benzene rings is 2. The lowest BCUT2D eigenvalue weighted by Gasteiger charge is -2.31. The summed E-state index contributed by atoms with van der Waals surface area (Å²) in [5.74, 6) is 2.92. The average molecular weight is 502 g/mol. The van der Waals surface area contributed by atoms with Crippen LogP contribution in [0.25, 0.3) is 0 Å². The maximum Gasteiger partial charge on any atom is 0.328 e. The van der Waals surface area contributed by atoms with Gasteiger partial charge in [0.15, 0.2) is 0 Å². The highest BCUT2D eigenvalue weighted by atomic mass is 35.5. The molecular formula is C24H28ClN5O5. The summed E-state index contributed by atoms with van der Waals surface area (Å²) < 4.78 is 0. The number of halogens is 1. The highest BCUT2D eigenvalue weighted by molar-refractivity contribution is 6.09. The van der Waals surface area contributed by atoms with E-state index in [0.717, 1.165) is 10.5 Å². The Kier molecular flexibility index (Phi) is 8.96. The van der Waals surface area contributed by atoms with Crippen LogP contribution in [0.15, 0.2) is 59.7 Å². The molecule has 1 aliphatic heterocycles. The topological polar surface area (TPSA) is 145 Å². The molecule has 11 heteroatoms. The standard InChI is InChI=1S/C24H27N5O5.ClH/c1-3-29-23(34)28(22(33)24(29,2)18-11-9-16(10-12-18)14-26-25)15-20(30)27-19(13-21(31)32)17-7-5-4-6-8-17;/h4-12,14,19H,3,13,15,25H2,1-2H3,(H,27,30)(H,31,32);1H. The highest BCUT2D eigenvalue weighted by Gasteiger charge is 2.55. The molecule has 0 bridgehead atoms. The molecule has 4 N–H and O–H groups in total. The average Bonchev–Trinajstić information content (AvgIpc) is 3.00. The molecule has 3 rings (SSSR count). The van der Waals surface area contributed by atoms with Crippen molar-refractivity contribution in [1.82, 2.24) is 15.1 Å². The summed E-state index contributed by atoms with van der Waals surface area (Å²) in [4.78, 5) is 53.0. The lowest BCUT2D eigenvalue weighted by Crippen LogP contribution is -2.44. The number of carboxylic acids is 1. The monoisotopic (exact) mass is 501 g/mol. The maximum atomic E-state index is 13.4. The van der Waals surface area contributed by atoms with E-state index < -0.39 is 41.9 Å². The second kappa shape index (κ2) is 11.5. The predicted octanol–water partition coefficient (Wildman–Crippen LogP) is 2.23. The minimum absolute atomic E-state index is 0. The largest absolute Gasteiger partial charge is 0.481 e. The van der Waals surface area contributed by atoms with Gasteiger partial charge in [-0.1, -0.05) is 54.6 Å². The number of carbonyl (C=O) groups excluding carboxylic acids is 3. The SMILES string of the molecule is CCN1C(=O)N(CC(=O)NC(CC(=O)O)c2ccccc2)C(=O)C1(C)c1ccc(C=NN)cc1.Cl. The number of carbonyl (C=O) groups is 4. The molecule has 0 spiro atoms. The number of nitrogens with two attached hydrogens (primary N) is 1. The van der Waals surface area contributed by atoms with Gasteiger partial charge < -0.3 is 21.2 Å². The molecule has 2 unspecified atom stereocenters. The summed E-state index contributed by atoms with van der Waals surface area (Å²) in [6.07, 6.45) is 1.12. The fraction of sp³-hybridized carbons (Fsp3) is 0.292. The van der Waals surface area contributed by atoms with E-state index in [1.54, 1.807) is 68.4 Å². The molecule has 186 valence electrons. The number of nitrogens with one attached hydrogen (secondary N) is 1. The molecule has 1 heterocycles. The van der Waals surface area contributed by atoms with Crippen molar-refractivity contribution in [2.75, 3.05) is 13.1 Å². The number of likely N-dealkylation sites (N-methyl/N-ethyl adjacent to an activating group) is 1. The van der Waals surface area contributed by atoms with Gasteiger partial charge in [0.05, 0.1) is 18.7 Å². The van der Waals surface area contributed by atoms with Crippen LogP contribution in [-0.2, 0) is 19.9 Å². The quantitative estimate of drug-likeness (QED) is 0.208. The molecule has 0 saturated carbocycles. The molecule has 0 radical (unpaired) electrons. The number of nitrogens with zero attached hydrogens (tertiary/aromatic N) is 3. The van der Waals surface area contributed by atoms with Crippen molar-refractivity contribution in [3.63, 3.8) is 0 Å². The van der Waals surface area contributed by atoms with E-state index >= 15 is 0 Å². The van der Waals surface area contributed by atoms with Gasteiger partial charge in [-0.05, 0) is 30.5 Å². The number of amides is 4. The molecule has 1 fully saturated rings. The van der Waals surface area contributed by atoms with Crippen LogP contribution in [0.1, 0.15) is 43.0 Å². The predicted molar refractivity (Wildman–Crippen MR) is 132 cm³/mol. The van der Waals surface area contributed by atoms with Crippen molar-refractivity contribution >= 4 is 42.4 Å². The normalized spacial score (nSPS) is 18.5. The van der Waals surface area contributed by atoms with Crippen molar-refractivity contribution in [2.24, 2.45) is 10.9 Å².